The summed E-state index contributed by atoms with van der Waals surface area (Å²) < 4.78 is 0. The first-order valence-electron chi connectivity index (χ1n) is 6.52. The molecule has 0 aliphatic carbocycles. The van der Waals surface area contributed by atoms with Gasteiger partial charge < -0.3 is 15.7 Å². The molecule has 6 nitrogen and oxygen atoms in total. The van der Waals surface area contributed by atoms with Gasteiger partial charge in [0.25, 0.3) is 0 Å². The highest BCUT2D eigenvalue weighted by atomic mass is 16.4. The maximum Gasteiger partial charge on any atom is 0.326 e. The highest BCUT2D eigenvalue weighted by Gasteiger charge is 2.32. The minimum atomic E-state index is -1.10. The average Bonchev–Trinajstić information content (AvgIpc) is 2.34. The molecule has 3 N–H and O–H groups in total. The number of ketones is 1. The Morgan fingerprint density at radius 1 is 1.19 bits per heavy atom. The number of anilines is 1. The van der Waals surface area contributed by atoms with E-state index in [0.29, 0.717) is 11.3 Å². The van der Waals surface area contributed by atoms with Crippen molar-refractivity contribution < 1.29 is 19.5 Å². The minimum absolute atomic E-state index is 0.114. The smallest absolute Gasteiger partial charge is 0.326 e. The first kappa shape index (κ1) is 16.7. The molecule has 0 radical (unpaired) electrons. The summed E-state index contributed by atoms with van der Waals surface area (Å²) in [5.41, 5.74) is 0.279. The predicted molar refractivity (Wildman–Crippen MR) is 79.5 cm³/mol. The van der Waals surface area contributed by atoms with Gasteiger partial charge in [0, 0.05) is 11.3 Å². The molecule has 0 bridgehead atoms. The summed E-state index contributed by atoms with van der Waals surface area (Å²) in [7, 11) is 0. The quantitative estimate of drug-likeness (QED) is 0.743. The number of aliphatic carboxylic acids is 1. The fourth-order valence-corrected chi connectivity index (χ4v) is 1.76. The molecule has 1 rings (SSSR count). The van der Waals surface area contributed by atoms with Gasteiger partial charge in [-0.15, -0.1) is 0 Å². The van der Waals surface area contributed by atoms with Gasteiger partial charge in [-0.3, -0.25) is 4.79 Å². The number of amides is 2. The van der Waals surface area contributed by atoms with E-state index in [1.807, 2.05) is 0 Å². The van der Waals surface area contributed by atoms with Crippen LogP contribution < -0.4 is 10.6 Å². The van der Waals surface area contributed by atoms with Gasteiger partial charge in [-0.2, -0.15) is 0 Å². The lowest BCUT2D eigenvalue weighted by Gasteiger charge is -2.27. The summed E-state index contributed by atoms with van der Waals surface area (Å²) >= 11 is 0. The fraction of sp³-hybridized carbons (Fsp3) is 0.400. The van der Waals surface area contributed by atoms with Gasteiger partial charge >= 0.3 is 12.0 Å². The number of carbonyl (C=O) groups excluding carboxylic acids is 2. The molecule has 0 aliphatic rings. The lowest BCUT2D eigenvalue weighted by molar-refractivity contribution is -0.141. The topological polar surface area (TPSA) is 95.5 Å². The van der Waals surface area contributed by atoms with Crippen LogP contribution in [0.2, 0.25) is 0 Å². The Morgan fingerprint density at radius 2 is 1.81 bits per heavy atom. The molecule has 0 saturated carbocycles. The van der Waals surface area contributed by atoms with Crippen LogP contribution in [0.4, 0.5) is 10.5 Å². The number of hydrogen-bond donors (Lipinski definition) is 3. The fourth-order valence-electron chi connectivity index (χ4n) is 1.76. The monoisotopic (exact) mass is 292 g/mol. The zero-order valence-electron chi connectivity index (χ0n) is 12.6. The highest BCUT2D eigenvalue weighted by Crippen LogP contribution is 2.19. The zero-order valence-corrected chi connectivity index (χ0v) is 12.6. The summed E-state index contributed by atoms with van der Waals surface area (Å²) in [6.45, 7) is 6.60. The van der Waals surface area contributed by atoms with Gasteiger partial charge in [0.2, 0.25) is 0 Å². The highest BCUT2D eigenvalue weighted by molar-refractivity contribution is 5.97. The number of Topliss-reactive ketones (excluding diaryl/α,β-unsaturated/α-hetero) is 1. The van der Waals surface area contributed by atoms with Crippen LogP contribution in [0.5, 0.6) is 0 Å². The molecule has 0 unspecified atom stereocenters. The molecule has 0 spiro atoms. The van der Waals surface area contributed by atoms with Crippen molar-refractivity contribution in [2.24, 2.45) is 5.41 Å². The van der Waals surface area contributed by atoms with Gasteiger partial charge in [-0.1, -0.05) is 32.9 Å². The van der Waals surface area contributed by atoms with Crippen molar-refractivity contribution in [1.29, 1.82) is 0 Å². The molecule has 2 amide bonds. The van der Waals surface area contributed by atoms with E-state index in [2.05, 4.69) is 10.6 Å². The predicted octanol–water partition coefficient (Wildman–Crippen LogP) is 2.51. The third-order valence-electron chi connectivity index (χ3n) is 2.92. The van der Waals surface area contributed by atoms with E-state index in [1.54, 1.807) is 39.0 Å². The molecule has 0 fully saturated rings. The Morgan fingerprint density at radius 3 is 2.29 bits per heavy atom. The van der Waals surface area contributed by atoms with Crippen LogP contribution in [-0.2, 0) is 4.79 Å². The lowest BCUT2D eigenvalue weighted by atomic mass is 9.87. The number of carboxylic acids is 1. The Balaban J connectivity index is 2.79. The molecule has 0 aliphatic heterocycles. The summed E-state index contributed by atoms with van der Waals surface area (Å²) in [5, 5.41) is 14.1. The van der Waals surface area contributed by atoms with E-state index in [9.17, 15) is 14.4 Å². The second-order valence-electron chi connectivity index (χ2n) is 5.87. The standard InChI is InChI=1S/C15H20N2O4/c1-9(18)10-6-5-7-11(8-10)16-14(21)17-12(13(19)20)15(2,3)4/h5-8,12H,1-4H3,(H,19,20)(H2,16,17,21)/t12-/m0/s1. The largest absolute Gasteiger partial charge is 0.480 e. The number of hydrogen-bond acceptors (Lipinski definition) is 3. The van der Waals surface area contributed by atoms with Crippen molar-refractivity contribution in [3.63, 3.8) is 0 Å². The molecule has 21 heavy (non-hydrogen) atoms. The Labute approximate surface area is 123 Å². The van der Waals surface area contributed by atoms with Crippen molar-refractivity contribution in [1.82, 2.24) is 5.32 Å². The number of nitrogens with one attached hydrogen (secondary N) is 2. The molecule has 1 aromatic rings. The SMILES string of the molecule is CC(=O)c1cccc(NC(=O)N[C@@H](C(=O)O)C(C)(C)C)c1. The van der Waals surface area contributed by atoms with Crippen LogP contribution in [0.3, 0.4) is 0 Å². The second-order valence-corrected chi connectivity index (χ2v) is 5.87. The van der Waals surface area contributed by atoms with Crippen molar-refractivity contribution in [3.05, 3.63) is 29.8 Å². The van der Waals surface area contributed by atoms with Crippen LogP contribution in [-0.4, -0.2) is 28.9 Å². The summed E-state index contributed by atoms with van der Waals surface area (Å²) in [6, 6.07) is 4.80. The van der Waals surface area contributed by atoms with Crippen molar-refractivity contribution in [2.45, 2.75) is 33.7 Å². The normalized spacial score (nSPS) is 12.4. The first-order valence-corrected chi connectivity index (χ1v) is 6.52. The third-order valence-corrected chi connectivity index (χ3v) is 2.92. The Bertz CT molecular complexity index is 561. The van der Waals surface area contributed by atoms with Crippen LogP contribution >= 0.6 is 0 Å². The Hall–Kier alpha value is -2.37. The van der Waals surface area contributed by atoms with Crippen LogP contribution in [0.1, 0.15) is 38.1 Å². The van der Waals surface area contributed by atoms with Crippen LogP contribution in [0.15, 0.2) is 24.3 Å². The molecule has 1 atom stereocenters. The van der Waals surface area contributed by atoms with Gasteiger partial charge in [0.05, 0.1) is 0 Å². The molecule has 0 aromatic heterocycles. The maximum absolute atomic E-state index is 11.9. The van der Waals surface area contributed by atoms with Crippen molar-refractivity contribution >= 4 is 23.5 Å². The molecule has 114 valence electrons. The maximum atomic E-state index is 11.9. The van der Waals surface area contributed by atoms with Crippen LogP contribution in [0, 0.1) is 5.41 Å². The van der Waals surface area contributed by atoms with E-state index in [0.717, 1.165) is 0 Å². The van der Waals surface area contributed by atoms with Crippen molar-refractivity contribution in [2.75, 3.05) is 5.32 Å². The zero-order chi connectivity index (χ0) is 16.2. The Kier molecular flexibility index (Phi) is 5.07. The van der Waals surface area contributed by atoms with Gasteiger partial charge in [0.15, 0.2) is 5.78 Å². The van der Waals surface area contributed by atoms with E-state index in [4.69, 9.17) is 5.11 Å². The number of carbonyl (C=O) groups is 3. The van der Waals surface area contributed by atoms with Gasteiger partial charge in [-0.05, 0) is 24.5 Å². The molecule has 0 saturated heterocycles. The van der Waals surface area contributed by atoms with E-state index >= 15 is 0 Å². The van der Waals surface area contributed by atoms with Gasteiger partial charge in [0.1, 0.15) is 6.04 Å². The van der Waals surface area contributed by atoms with Gasteiger partial charge in [-0.25, -0.2) is 9.59 Å². The number of rotatable bonds is 4. The number of benzene rings is 1. The molecule has 6 heteroatoms. The number of carboxylic acid groups (broad SMARTS) is 1. The number of urea groups is 1. The third kappa shape index (κ3) is 4.91. The van der Waals surface area contributed by atoms with E-state index in [1.165, 1.54) is 13.0 Å². The summed E-state index contributed by atoms with van der Waals surface area (Å²) in [4.78, 5) is 34.4. The van der Waals surface area contributed by atoms with E-state index < -0.39 is 23.5 Å². The van der Waals surface area contributed by atoms with Crippen molar-refractivity contribution in [3.8, 4) is 0 Å². The summed E-state index contributed by atoms with van der Waals surface area (Å²) in [6.07, 6.45) is 0. The first-order chi connectivity index (χ1) is 9.61. The molecule has 1 aromatic carbocycles. The lowest BCUT2D eigenvalue weighted by Crippen LogP contribution is -2.50. The van der Waals surface area contributed by atoms with Crippen LogP contribution in [0.25, 0.3) is 0 Å². The van der Waals surface area contributed by atoms with E-state index in [-0.39, 0.29) is 5.78 Å². The molecular weight excluding hydrogens is 272 g/mol. The minimum Gasteiger partial charge on any atom is -0.480 e. The molecule has 0 heterocycles. The summed E-state index contributed by atoms with van der Waals surface area (Å²) in [5.74, 6) is -1.22. The average molecular weight is 292 g/mol. The molecular formula is C15H20N2O4. The second kappa shape index (κ2) is 6.39.